The van der Waals surface area contributed by atoms with Gasteiger partial charge in [-0.2, -0.15) is 4.31 Å². The Morgan fingerprint density at radius 3 is 2.89 bits per heavy atom. The second kappa shape index (κ2) is 5.50. The number of rotatable bonds is 3. The maximum atomic E-state index is 12.3. The normalized spacial score (nSPS) is 21.5. The van der Waals surface area contributed by atoms with Crippen LogP contribution < -0.4 is 0 Å². The third kappa shape index (κ3) is 2.81. The van der Waals surface area contributed by atoms with Crippen molar-refractivity contribution in [2.45, 2.75) is 23.1 Å². The first-order chi connectivity index (χ1) is 8.54. The molecule has 0 spiro atoms. The van der Waals surface area contributed by atoms with Crippen molar-refractivity contribution in [1.29, 1.82) is 0 Å². The summed E-state index contributed by atoms with van der Waals surface area (Å²) in [4.78, 5) is 13.8. The van der Waals surface area contributed by atoms with E-state index in [0.717, 1.165) is 11.3 Å². The molecule has 1 saturated heterocycles. The number of isocyanates is 1. The van der Waals surface area contributed by atoms with Gasteiger partial charge in [-0.3, -0.25) is 0 Å². The molecule has 0 aromatic carbocycles. The van der Waals surface area contributed by atoms with Crippen molar-refractivity contribution in [3.8, 4) is 0 Å². The first-order valence-corrected chi connectivity index (χ1v) is 8.00. The second-order valence-electron chi connectivity index (χ2n) is 3.94. The maximum Gasteiger partial charge on any atom is 0.252 e. The zero-order valence-electron chi connectivity index (χ0n) is 9.37. The standard InChI is InChI=1S/C10H11ClN2O3S2/c11-9-3-4-10(17-9)18(15,16)13-5-1-2-8(6-13)12-7-14/h3-4,8H,1-2,5-6H2. The Bertz CT molecular complexity index is 578. The Morgan fingerprint density at radius 2 is 2.28 bits per heavy atom. The number of hydrogen-bond donors (Lipinski definition) is 0. The van der Waals surface area contributed by atoms with E-state index in [1.54, 1.807) is 6.07 Å². The number of thiophene rings is 1. The largest absolute Gasteiger partial charge is 0.252 e. The van der Waals surface area contributed by atoms with Crippen LogP contribution in [0, 0.1) is 0 Å². The molecule has 0 bridgehead atoms. The van der Waals surface area contributed by atoms with Gasteiger partial charge in [0.05, 0.1) is 10.4 Å². The van der Waals surface area contributed by atoms with Gasteiger partial charge in [-0.25, -0.2) is 18.2 Å². The van der Waals surface area contributed by atoms with Crippen LogP contribution in [-0.2, 0) is 14.8 Å². The van der Waals surface area contributed by atoms with E-state index >= 15 is 0 Å². The lowest BCUT2D eigenvalue weighted by Gasteiger charge is -2.28. The van der Waals surface area contributed by atoms with E-state index in [4.69, 9.17) is 11.6 Å². The summed E-state index contributed by atoms with van der Waals surface area (Å²) in [6.45, 7) is 0.676. The summed E-state index contributed by atoms with van der Waals surface area (Å²) < 4.78 is 26.6. The van der Waals surface area contributed by atoms with E-state index in [2.05, 4.69) is 4.99 Å². The van der Waals surface area contributed by atoms with Crippen molar-refractivity contribution in [3.05, 3.63) is 16.5 Å². The second-order valence-corrected chi connectivity index (χ2v) is 7.82. The Kier molecular flexibility index (Phi) is 4.19. The minimum atomic E-state index is -3.51. The Balaban J connectivity index is 2.22. The fourth-order valence-electron chi connectivity index (χ4n) is 1.88. The van der Waals surface area contributed by atoms with Gasteiger partial charge >= 0.3 is 0 Å². The highest BCUT2D eigenvalue weighted by molar-refractivity contribution is 7.91. The van der Waals surface area contributed by atoms with E-state index in [1.165, 1.54) is 16.5 Å². The van der Waals surface area contributed by atoms with Gasteiger partial charge < -0.3 is 0 Å². The molecule has 1 aromatic rings. The quantitative estimate of drug-likeness (QED) is 0.632. The summed E-state index contributed by atoms with van der Waals surface area (Å²) in [7, 11) is -3.51. The molecule has 2 rings (SSSR count). The molecule has 8 heteroatoms. The molecule has 0 aliphatic carbocycles. The highest BCUT2D eigenvalue weighted by Crippen LogP contribution is 2.29. The molecule has 0 amide bonds. The third-order valence-electron chi connectivity index (χ3n) is 2.74. The monoisotopic (exact) mass is 306 g/mol. The molecular formula is C10H11ClN2O3S2. The van der Waals surface area contributed by atoms with E-state index in [9.17, 15) is 13.2 Å². The minimum absolute atomic E-state index is 0.225. The van der Waals surface area contributed by atoms with Crippen LogP contribution in [0.15, 0.2) is 21.3 Å². The Morgan fingerprint density at radius 1 is 1.50 bits per heavy atom. The van der Waals surface area contributed by atoms with Gasteiger partial charge in [-0.15, -0.1) is 11.3 Å². The first-order valence-electron chi connectivity index (χ1n) is 5.36. The predicted octanol–water partition coefficient (Wildman–Crippen LogP) is 1.89. The Hall–Kier alpha value is -0.720. The average Bonchev–Trinajstić information content (AvgIpc) is 2.77. The third-order valence-corrected chi connectivity index (χ3v) is 6.30. The molecule has 98 valence electrons. The number of halogens is 1. The zero-order valence-corrected chi connectivity index (χ0v) is 11.8. The predicted molar refractivity (Wildman–Crippen MR) is 69.2 cm³/mol. The molecule has 2 heterocycles. The van der Waals surface area contributed by atoms with Gasteiger partial charge in [0.1, 0.15) is 4.21 Å². The topological polar surface area (TPSA) is 66.8 Å². The van der Waals surface area contributed by atoms with Crippen LogP contribution >= 0.6 is 22.9 Å². The van der Waals surface area contributed by atoms with Gasteiger partial charge in [0.15, 0.2) is 0 Å². The summed E-state index contributed by atoms with van der Waals surface area (Å²) in [5, 5.41) is 0. The number of nitrogens with zero attached hydrogens (tertiary/aromatic N) is 2. The van der Waals surface area contributed by atoms with Gasteiger partial charge in [0.25, 0.3) is 10.0 Å². The molecule has 0 N–H and O–H groups in total. The lowest BCUT2D eigenvalue weighted by Crippen LogP contribution is -2.41. The fraction of sp³-hybridized carbons (Fsp3) is 0.500. The summed E-state index contributed by atoms with van der Waals surface area (Å²) in [6.07, 6.45) is 2.89. The Labute approximate surface area is 114 Å². The highest BCUT2D eigenvalue weighted by atomic mass is 35.5. The van der Waals surface area contributed by atoms with Crippen molar-refractivity contribution < 1.29 is 13.2 Å². The van der Waals surface area contributed by atoms with Crippen LogP contribution in [0.1, 0.15) is 12.8 Å². The molecule has 1 unspecified atom stereocenters. The molecule has 5 nitrogen and oxygen atoms in total. The SMILES string of the molecule is O=C=NC1CCCN(S(=O)(=O)c2ccc(Cl)s2)C1. The number of carbonyl (C=O) groups excluding carboxylic acids is 1. The first kappa shape index (κ1) is 13.7. The average molecular weight is 307 g/mol. The number of piperidine rings is 1. The van der Waals surface area contributed by atoms with Crippen LogP contribution in [0.2, 0.25) is 4.34 Å². The maximum absolute atomic E-state index is 12.3. The van der Waals surface area contributed by atoms with Crippen molar-refractivity contribution in [2.75, 3.05) is 13.1 Å². The fourth-order valence-corrected chi connectivity index (χ4v) is 5.04. The number of hydrogen-bond acceptors (Lipinski definition) is 5. The number of aliphatic imine (C=N–C) groups is 1. The molecule has 1 aliphatic rings. The smallest absolute Gasteiger partial charge is 0.211 e. The molecule has 0 saturated carbocycles. The summed E-state index contributed by atoms with van der Waals surface area (Å²) >= 11 is 6.78. The van der Waals surface area contributed by atoms with Crippen molar-refractivity contribution in [3.63, 3.8) is 0 Å². The van der Waals surface area contributed by atoms with Crippen LogP contribution in [0.4, 0.5) is 0 Å². The summed E-state index contributed by atoms with van der Waals surface area (Å²) in [5.41, 5.74) is 0. The minimum Gasteiger partial charge on any atom is -0.211 e. The van der Waals surface area contributed by atoms with Crippen LogP contribution in [0.3, 0.4) is 0 Å². The zero-order chi connectivity index (χ0) is 13.2. The lowest BCUT2D eigenvalue weighted by atomic mass is 10.1. The van der Waals surface area contributed by atoms with Gasteiger partial charge in [-0.1, -0.05) is 11.6 Å². The summed E-state index contributed by atoms with van der Waals surface area (Å²) in [6, 6.07) is 2.76. The number of sulfonamides is 1. The van der Waals surface area contributed by atoms with Crippen LogP contribution in [0.25, 0.3) is 0 Å². The summed E-state index contributed by atoms with van der Waals surface area (Å²) in [5.74, 6) is 0. The van der Waals surface area contributed by atoms with E-state index in [-0.39, 0.29) is 16.8 Å². The molecule has 1 aliphatic heterocycles. The van der Waals surface area contributed by atoms with E-state index in [1.807, 2.05) is 0 Å². The molecule has 1 fully saturated rings. The molecule has 1 aromatic heterocycles. The van der Waals surface area contributed by atoms with E-state index < -0.39 is 10.0 Å². The van der Waals surface area contributed by atoms with Crippen molar-refractivity contribution >= 4 is 39.0 Å². The molecule has 18 heavy (non-hydrogen) atoms. The van der Waals surface area contributed by atoms with Crippen LogP contribution in [-0.4, -0.2) is 37.9 Å². The molecule has 0 radical (unpaired) electrons. The van der Waals surface area contributed by atoms with Gasteiger partial charge in [-0.05, 0) is 25.0 Å². The highest BCUT2D eigenvalue weighted by Gasteiger charge is 2.31. The van der Waals surface area contributed by atoms with Crippen LogP contribution in [0.5, 0.6) is 0 Å². The van der Waals surface area contributed by atoms with Crippen molar-refractivity contribution in [2.24, 2.45) is 4.99 Å². The van der Waals surface area contributed by atoms with E-state index in [0.29, 0.717) is 23.7 Å². The van der Waals surface area contributed by atoms with Gasteiger partial charge in [0.2, 0.25) is 6.08 Å². The van der Waals surface area contributed by atoms with Crippen molar-refractivity contribution in [1.82, 2.24) is 4.31 Å². The van der Waals surface area contributed by atoms with Gasteiger partial charge in [0, 0.05) is 13.1 Å². The molecule has 1 atom stereocenters. The molecular weight excluding hydrogens is 296 g/mol. The lowest BCUT2D eigenvalue weighted by molar-refractivity contribution is 0.317.